The minimum atomic E-state index is 0.482. The van der Waals surface area contributed by atoms with Crippen molar-refractivity contribution in [2.24, 2.45) is 0 Å². The molecule has 0 radical (unpaired) electrons. The van der Waals surface area contributed by atoms with Gasteiger partial charge >= 0.3 is 0 Å². The molecule has 0 unspecified atom stereocenters. The largest absolute Gasteiger partial charge is 0.285 e. The Morgan fingerprint density at radius 3 is 3.07 bits per heavy atom. The highest BCUT2D eigenvalue weighted by atomic mass is 32.1. The van der Waals surface area contributed by atoms with Crippen LogP contribution in [0.25, 0.3) is 16.9 Å². The van der Waals surface area contributed by atoms with Crippen molar-refractivity contribution in [2.45, 2.75) is 0 Å². The summed E-state index contributed by atoms with van der Waals surface area (Å²) in [5.41, 5.74) is 2.42. The van der Waals surface area contributed by atoms with E-state index in [1.54, 1.807) is 16.9 Å². The lowest BCUT2D eigenvalue weighted by molar-refractivity contribution is 0.915. The summed E-state index contributed by atoms with van der Waals surface area (Å²) in [6.45, 7) is 0. The third kappa shape index (κ3) is 1.24. The summed E-state index contributed by atoms with van der Waals surface area (Å²) in [7, 11) is 0. The van der Waals surface area contributed by atoms with Crippen LogP contribution in [-0.4, -0.2) is 30.0 Å². The number of aromatic nitrogens is 6. The number of rotatable bonds is 1. The highest BCUT2D eigenvalue weighted by Gasteiger charge is 2.03. The zero-order valence-corrected chi connectivity index (χ0v) is 8.32. The Labute approximate surface area is 89.0 Å². The number of H-pyrrole nitrogens is 2. The summed E-state index contributed by atoms with van der Waals surface area (Å²) in [6, 6.07) is 3.72. The Morgan fingerprint density at radius 1 is 1.33 bits per heavy atom. The molecule has 6 nitrogen and oxygen atoms in total. The van der Waals surface area contributed by atoms with Crippen LogP contribution in [0.2, 0.25) is 0 Å². The lowest BCUT2D eigenvalue weighted by Crippen LogP contribution is -1.93. The predicted octanol–water partition coefficient (Wildman–Crippen LogP) is 1.18. The van der Waals surface area contributed by atoms with Crippen LogP contribution in [-0.2, 0) is 0 Å². The lowest BCUT2D eigenvalue weighted by atomic mass is 10.2. The molecule has 0 amide bonds. The summed E-state index contributed by atoms with van der Waals surface area (Å²) in [4.78, 5) is 0. The zero-order chi connectivity index (χ0) is 10.3. The molecule has 0 fully saturated rings. The number of hydrogen-bond donors (Lipinski definition) is 2. The van der Waals surface area contributed by atoms with Gasteiger partial charge in [-0.2, -0.15) is 19.8 Å². The average molecular weight is 218 g/mol. The van der Waals surface area contributed by atoms with Gasteiger partial charge in [0, 0.05) is 11.8 Å². The van der Waals surface area contributed by atoms with Crippen molar-refractivity contribution in [3.63, 3.8) is 0 Å². The molecule has 0 aliphatic rings. The first kappa shape index (κ1) is 8.30. The standard InChI is InChI=1S/C8H6N6S/c15-8-12-11-7-2-1-6(13-14(7)8)5-3-9-10-4-5/h1-4H,(H,9,10)(H,12,15). The van der Waals surface area contributed by atoms with Crippen LogP contribution in [0.5, 0.6) is 0 Å². The zero-order valence-electron chi connectivity index (χ0n) is 7.51. The average Bonchev–Trinajstić information content (AvgIpc) is 2.88. The van der Waals surface area contributed by atoms with E-state index < -0.39 is 0 Å². The molecule has 7 heteroatoms. The van der Waals surface area contributed by atoms with E-state index in [2.05, 4.69) is 25.5 Å². The van der Waals surface area contributed by atoms with E-state index in [9.17, 15) is 0 Å². The fourth-order valence-corrected chi connectivity index (χ4v) is 1.53. The van der Waals surface area contributed by atoms with Crippen LogP contribution >= 0.6 is 12.2 Å². The molecule has 0 saturated carbocycles. The fraction of sp³-hybridized carbons (Fsp3) is 0. The van der Waals surface area contributed by atoms with Crippen molar-refractivity contribution in [3.05, 3.63) is 29.3 Å². The molecule has 0 bridgehead atoms. The van der Waals surface area contributed by atoms with Crippen LogP contribution in [0, 0.1) is 4.77 Å². The summed E-state index contributed by atoms with van der Waals surface area (Å²) in [5.74, 6) is 0. The molecule has 0 aromatic carbocycles. The van der Waals surface area contributed by atoms with Gasteiger partial charge in [-0.1, -0.05) is 0 Å². The maximum absolute atomic E-state index is 5.04. The molecule has 0 saturated heterocycles. The number of nitrogens with one attached hydrogen (secondary N) is 2. The molecule has 0 atom stereocenters. The Morgan fingerprint density at radius 2 is 2.27 bits per heavy atom. The minimum Gasteiger partial charge on any atom is -0.285 e. The molecule has 2 N–H and O–H groups in total. The third-order valence-corrected chi connectivity index (χ3v) is 2.33. The molecule has 0 aliphatic heterocycles. The van der Waals surface area contributed by atoms with E-state index in [0.29, 0.717) is 10.4 Å². The SMILES string of the molecule is S=c1[nH]nc2ccc(-c3cn[nH]c3)nn12. The van der Waals surface area contributed by atoms with Gasteiger partial charge in [0.1, 0.15) is 0 Å². The fourth-order valence-electron chi connectivity index (χ4n) is 1.35. The maximum Gasteiger partial charge on any atom is 0.216 e. The van der Waals surface area contributed by atoms with Crippen LogP contribution in [0.1, 0.15) is 0 Å². The van der Waals surface area contributed by atoms with E-state index in [4.69, 9.17) is 12.2 Å². The van der Waals surface area contributed by atoms with E-state index in [1.807, 2.05) is 12.1 Å². The van der Waals surface area contributed by atoms with Crippen molar-refractivity contribution in [3.8, 4) is 11.3 Å². The summed E-state index contributed by atoms with van der Waals surface area (Å²) in [5, 5.41) is 17.6. The maximum atomic E-state index is 5.04. The van der Waals surface area contributed by atoms with Gasteiger partial charge in [-0.25, -0.2) is 5.10 Å². The second kappa shape index (κ2) is 2.99. The van der Waals surface area contributed by atoms with Crippen LogP contribution in [0.15, 0.2) is 24.5 Å². The molecule has 15 heavy (non-hydrogen) atoms. The second-order valence-corrected chi connectivity index (χ2v) is 3.39. The number of aromatic amines is 2. The highest BCUT2D eigenvalue weighted by molar-refractivity contribution is 7.71. The monoisotopic (exact) mass is 218 g/mol. The van der Waals surface area contributed by atoms with E-state index in [-0.39, 0.29) is 0 Å². The topological polar surface area (TPSA) is 74.7 Å². The van der Waals surface area contributed by atoms with Crippen molar-refractivity contribution >= 4 is 17.9 Å². The first-order valence-electron chi connectivity index (χ1n) is 4.28. The van der Waals surface area contributed by atoms with Crippen molar-refractivity contribution in [2.75, 3.05) is 0 Å². The molecular formula is C8H6N6S. The van der Waals surface area contributed by atoms with Gasteiger partial charge in [0.2, 0.25) is 4.77 Å². The molecule has 3 aromatic rings. The van der Waals surface area contributed by atoms with Gasteiger partial charge in [0.25, 0.3) is 0 Å². The van der Waals surface area contributed by atoms with Crippen LogP contribution in [0.4, 0.5) is 0 Å². The number of fused-ring (bicyclic) bond motifs is 1. The van der Waals surface area contributed by atoms with E-state index >= 15 is 0 Å². The summed E-state index contributed by atoms with van der Waals surface area (Å²) < 4.78 is 2.06. The van der Waals surface area contributed by atoms with E-state index in [1.165, 1.54) is 0 Å². The van der Waals surface area contributed by atoms with Gasteiger partial charge in [0.15, 0.2) is 5.65 Å². The van der Waals surface area contributed by atoms with Gasteiger partial charge < -0.3 is 0 Å². The van der Waals surface area contributed by atoms with Gasteiger partial charge in [-0.3, -0.25) is 5.10 Å². The van der Waals surface area contributed by atoms with Crippen molar-refractivity contribution < 1.29 is 0 Å². The normalized spacial score (nSPS) is 10.9. The van der Waals surface area contributed by atoms with Gasteiger partial charge in [-0.15, -0.1) is 0 Å². The third-order valence-electron chi connectivity index (χ3n) is 2.07. The van der Waals surface area contributed by atoms with E-state index in [0.717, 1.165) is 11.3 Å². The quantitative estimate of drug-likeness (QED) is 0.601. The first-order valence-corrected chi connectivity index (χ1v) is 4.69. The Bertz CT molecular complexity index is 649. The van der Waals surface area contributed by atoms with Crippen molar-refractivity contribution in [1.82, 2.24) is 30.0 Å². The molecule has 74 valence electrons. The number of nitrogens with zero attached hydrogens (tertiary/aromatic N) is 4. The molecule has 0 aliphatic carbocycles. The van der Waals surface area contributed by atoms with Crippen LogP contribution < -0.4 is 0 Å². The Hall–Kier alpha value is -2.02. The predicted molar refractivity (Wildman–Crippen MR) is 55.8 cm³/mol. The summed E-state index contributed by atoms with van der Waals surface area (Å²) in [6.07, 6.45) is 3.48. The second-order valence-electron chi connectivity index (χ2n) is 3.00. The minimum absolute atomic E-state index is 0.482. The molecule has 0 spiro atoms. The molecule has 3 heterocycles. The highest BCUT2D eigenvalue weighted by Crippen LogP contribution is 2.14. The Balaban J connectivity index is 2.30. The smallest absolute Gasteiger partial charge is 0.216 e. The first-order chi connectivity index (χ1) is 7.34. The Kier molecular flexibility index (Phi) is 1.65. The van der Waals surface area contributed by atoms with Crippen LogP contribution in [0.3, 0.4) is 0 Å². The van der Waals surface area contributed by atoms with Gasteiger partial charge in [0.05, 0.1) is 11.9 Å². The molecule has 3 aromatic heterocycles. The molecular weight excluding hydrogens is 212 g/mol. The van der Waals surface area contributed by atoms with Gasteiger partial charge in [-0.05, 0) is 24.4 Å². The molecule has 3 rings (SSSR count). The lowest BCUT2D eigenvalue weighted by Gasteiger charge is -1.95. The van der Waals surface area contributed by atoms with Crippen molar-refractivity contribution in [1.29, 1.82) is 0 Å². The number of hydrogen-bond acceptors (Lipinski definition) is 4. The summed E-state index contributed by atoms with van der Waals surface area (Å²) >= 11 is 5.04.